The number of rotatable bonds is 5. The highest BCUT2D eigenvalue weighted by atomic mass is 35.5. The van der Waals surface area contributed by atoms with Crippen molar-refractivity contribution >= 4 is 28.9 Å². The van der Waals surface area contributed by atoms with Gasteiger partial charge in [0.25, 0.3) is 0 Å². The van der Waals surface area contributed by atoms with Crippen molar-refractivity contribution in [3.63, 3.8) is 0 Å². The number of hydrogen-bond donors (Lipinski definition) is 1. The predicted octanol–water partition coefficient (Wildman–Crippen LogP) is 3.87. The molecule has 0 aliphatic carbocycles. The minimum absolute atomic E-state index is 0.177. The molecule has 1 aromatic heterocycles. The normalized spacial score (nSPS) is 23.5. The van der Waals surface area contributed by atoms with E-state index in [-0.39, 0.29) is 6.10 Å². The molecule has 0 bridgehead atoms. The van der Waals surface area contributed by atoms with E-state index in [2.05, 4.69) is 56.5 Å². The molecule has 2 aromatic rings. The number of benzene rings is 1. The lowest BCUT2D eigenvalue weighted by atomic mass is 9.95. The number of hydrogen-bond acceptors (Lipinski definition) is 4. The van der Waals surface area contributed by atoms with Crippen molar-refractivity contribution in [3.8, 4) is 0 Å². The fourth-order valence-electron chi connectivity index (χ4n) is 4.18. The van der Waals surface area contributed by atoms with Crippen LogP contribution in [0.1, 0.15) is 23.0 Å². The zero-order chi connectivity index (χ0) is 20.1. The van der Waals surface area contributed by atoms with Crippen molar-refractivity contribution in [2.24, 2.45) is 10.9 Å². The highest BCUT2D eigenvalue weighted by molar-refractivity contribution is 7.16. The molecule has 7 heteroatoms. The van der Waals surface area contributed by atoms with Crippen LogP contribution in [0.5, 0.6) is 0 Å². The van der Waals surface area contributed by atoms with E-state index in [9.17, 15) is 0 Å². The monoisotopic (exact) mass is 432 g/mol. The molecule has 2 fully saturated rings. The molecule has 5 nitrogen and oxygen atoms in total. The molecular weight excluding hydrogens is 404 g/mol. The van der Waals surface area contributed by atoms with Crippen molar-refractivity contribution in [1.29, 1.82) is 0 Å². The van der Waals surface area contributed by atoms with Crippen LogP contribution in [0.15, 0.2) is 47.5 Å². The maximum absolute atomic E-state index is 6.06. The summed E-state index contributed by atoms with van der Waals surface area (Å²) in [6, 6.07) is 14.7. The zero-order valence-electron chi connectivity index (χ0n) is 16.9. The molecule has 2 saturated heterocycles. The molecule has 2 aliphatic heterocycles. The van der Waals surface area contributed by atoms with Gasteiger partial charge in [-0.05, 0) is 24.1 Å². The van der Waals surface area contributed by atoms with E-state index < -0.39 is 0 Å². The van der Waals surface area contributed by atoms with Crippen LogP contribution in [-0.4, -0.2) is 62.1 Å². The van der Waals surface area contributed by atoms with Crippen LogP contribution in [0, 0.1) is 5.92 Å². The van der Waals surface area contributed by atoms with Crippen LogP contribution in [0.25, 0.3) is 0 Å². The topological polar surface area (TPSA) is 40.1 Å². The summed E-state index contributed by atoms with van der Waals surface area (Å²) < 4.78 is 6.90. The lowest BCUT2D eigenvalue weighted by molar-refractivity contribution is 0.0912. The largest absolute Gasteiger partial charge is 0.373 e. The van der Waals surface area contributed by atoms with Crippen LogP contribution < -0.4 is 5.32 Å². The molecule has 4 rings (SSSR count). The number of nitrogens with one attached hydrogen (secondary N) is 1. The Kier molecular flexibility index (Phi) is 7.08. The molecule has 29 heavy (non-hydrogen) atoms. The summed E-state index contributed by atoms with van der Waals surface area (Å²) in [5.41, 5.74) is 1.27. The highest BCUT2D eigenvalue weighted by Crippen LogP contribution is 2.33. The Morgan fingerprint density at radius 1 is 1.17 bits per heavy atom. The van der Waals surface area contributed by atoms with Crippen LogP contribution in [0.4, 0.5) is 0 Å². The average Bonchev–Trinajstić information content (AvgIpc) is 3.39. The highest BCUT2D eigenvalue weighted by Gasteiger charge is 2.30. The first kappa shape index (κ1) is 20.7. The number of piperazine rings is 1. The fourth-order valence-corrected chi connectivity index (χ4v) is 5.31. The summed E-state index contributed by atoms with van der Waals surface area (Å²) >= 11 is 7.73. The Hall–Kier alpha value is -1.60. The number of nitrogens with zero attached hydrogens (tertiary/aromatic N) is 3. The summed E-state index contributed by atoms with van der Waals surface area (Å²) in [5, 5.41) is 3.61. The Morgan fingerprint density at radius 2 is 1.97 bits per heavy atom. The van der Waals surface area contributed by atoms with Gasteiger partial charge in [-0.2, -0.15) is 0 Å². The van der Waals surface area contributed by atoms with Gasteiger partial charge < -0.3 is 15.0 Å². The Morgan fingerprint density at radius 3 is 2.66 bits per heavy atom. The Balaban J connectivity index is 1.26. The smallest absolute Gasteiger partial charge is 0.193 e. The second-order valence-corrected chi connectivity index (χ2v) is 9.45. The van der Waals surface area contributed by atoms with Crippen molar-refractivity contribution < 1.29 is 4.74 Å². The van der Waals surface area contributed by atoms with E-state index in [1.807, 2.05) is 13.1 Å². The van der Waals surface area contributed by atoms with Gasteiger partial charge in [-0.3, -0.25) is 9.89 Å². The first-order valence-electron chi connectivity index (χ1n) is 10.3. The van der Waals surface area contributed by atoms with Gasteiger partial charge in [0.05, 0.1) is 10.4 Å². The lowest BCUT2D eigenvalue weighted by Gasteiger charge is -2.36. The predicted molar refractivity (Wildman–Crippen MR) is 121 cm³/mol. The van der Waals surface area contributed by atoms with Crippen LogP contribution in [0.2, 0.25) is 4.34 Å². The van der Waals surface area contributed by atoms with E-state index in [4.69, 9.17) is 16.3 Å². The van der Waals surface area contributed by atoms with Crippen LogP contribution in [-0.2, 0) is 11.3 Å². The molecular formula is C22H29ClN4OS. The minimum Gasteiger partial charge on any atom is -0.373 e. The van der Waals surface area contributed by atoms with Crippen molar-refractivity contribution in [2.45, 2.75) is 19.1 Å². The SMILES string of the molecule is CN=C(NCC1CCOC1c1ccccc1)N1CCN(Cc2ccc(Cl)s2)CC1. The molecule has 2 unspecified atom stereocenters. The van der Waals surface area contributed by atoms with Crippen LogP contribution in [0.3, 0.4) is 0 Å². The van der Waals surface area contributed by atoms with Gasteiger partial charge in [0, 0.05) is 63.7 Å². The maximum atomic E-state index is 6.06. The summed E-state index contributed by atoms with van der Waals surface area (Å²) in [6.45, 7) is 6.75. The van der Waals surface area contributed by atoms with Gasteiger partial charge in [0.1, 0.15) is 0 Å². The molecule has 2 aliphatic rings. The van der Waals surface area contributed by atoms with Crippen molar-refractivity contribution in [3.05, 3.63) is 57.2 Å². The first-order valence-corrected chi connectivity index (χ1v) is 11.5. The third-order valence-electron chi connectivity index (χ3n) is 5.76. The first-order chi connectivity index (χ1) is 14.2. The second-order valence-electron chi connectivity index (χ2n) is 7.65. The van der Waals surface area contributed by atoms with Gasteiger partial charge in [-0.15, -0.1) is 11.3 Å². The maximum Gasteiger partial charge on any atom is 0.193 e. The van der Waals surface area contributed by atoms with Gasteiger partial charge in [-0.1, -0.05) is 41.9 Å². The Labute approximate surface area is 182 Å². The number of guanidine groups is 1. The molecule has 0 amide bonds. The minimum atomic E-state index is 0.177. The standard InChI is InChI=1S/C22H29ClN4OS/c1-24-22(25-15-18-9-14-28-21(18)17-5-3-2-4-6-17)27-12-10-26(11-13-27)16-19-7-8-20(23)29-19/h2-8,18,21H,9-16H2,1H3,(H,24,25). The molecule has 0 radical (unpaired) electrons. The summed E-state index contributed by atoms with van der Waals surface area (Å²) in [6.07, 6.45) is 1.26. The molecule has 1 aromatic carbocycles. The third-order valence-corrected chi connectivity index (χ3v) is 6.97. The third kappa shape index (κ3) is 5.31. The molecule has 1 N–H and O–H groups in total. The van der Waals surface area contributed by atoms with E-state index in [1.54, 1.807) is 11.3 Å². The Bertz CT molecular complexity index is 804. The summed E-state index contributed by atoms with van der Waals surface area (Å²) in [4.78, 5) is 10.7. The lowest BCUT2D eigenvalue weighted by Crippen LogP contribution is -2.52. The fraction of sp³-hybridized carbons (Fsp3) is 0.500. The number of thiophene rings is 1. The van der Waals surface area contributed by atoms with E-state index in [0.29, 0.717) is 5.92 Å². The summed E-state index contributed by atoms with van der Waals surface area (Å²) in [5.74, 6) is 1.47. The van der Waals surface area contributed by atoms with Crippen molar-refractivity contribution in [2.75, 3.05) is 46.4 Å². The van der Waals surface area contributed by atoms with Crippen LogP contribution >= 0.6 is 22.9 Å². The number of halogens is 1. The molecule has 0 saturated carbocycles. The van der Waals surface area contributed by atoms with Gasteiger partial charge in [0.2, 0.25) is 0 Å². The average molecular weight is 433 g/mol. The van der Waals surface area contributed by atoms with Gasteiger partial charge in [0.15, 0.2) is 5.96 Å². The molecule has 0 spiro atoms. The number of aliphatic imine (C=N–C) groups is 1. The summed E-state index contributed by atoms with van der Waals surface area (Å²) in [7, 11) is 1.88. The zero-order valence-corrected chi connectivity index (χ0v) is 18.5. The van der Waals surface area contributed by atoms with E-state index in [1.165, 1.54) is 10.4 Å². The molecule has 2 atom stereocenters. The molecule has 3 heterocycles. The molecule has 156 valence electrons. The van der Waals surface area contributed by atoms with E-state index >= 15 is 0 Å². The second kappa shape index (κ2) is 9.94. The number of ether oxygens (including phenoxy) is 1. The van der Waals surface area contributed by atoms with Crippen molar-refractivity contribution in [1.82, 2.24) is 15.1 Å². The van der Waals surface area contributed by atoms with E-state index in [0.717, 1.165) is 62.6 Å². The van der Waals surface area contributed by atoms with Gasteiger partial charge >= 0.3 is 0 Å². The van der Waals surface area contributed by atoms with Gasteiger partial charge in [-0.25, -0.2) is 0 Å². The quantitative estimate of drug-likeness (QED) is 0.575.